The molecule has 1 aromatic rings. The first kappa shape index (κ1) is 16.7. The summed E-state index contributed by atoms with van der Waals surface area (Å²) < 4.78 is 16.4. The SMILES string of the molecule is CC(CCS(C)=O)NCCOc1cccc(C(=O)O)c1. The minimum atomic E-state index is -0.963. The number of carboxylic acids is 1. The van der Waals surface area contributed by atoms with Gasteiger partial charge in [-0.2, -0.15) is 0 Å². The van der Waals surface area contributed by atoms with Crippen molar-refractivity contribution in [3.8, 4) is 5.75 Å². The highest BCUT2D eigenvalue weighted by molar-refractivity contribution is 7.84. The molecule has 20 heavy (non-hydrogen) atoms. The molecule has 0 aromatic heterocycles. The van der Waals surface area contributed by atoms with E-state index in [9.17, 15) is 9.00 Å². The maximum atomic E-state index is 11.0. The van der Waals surface area contributed by atoms with Gasteiger partial charge in [0.1, 0.15) is 12.4 Å². The molecule has 2 atom stereocenters. The van der Waals surface area contributed by atoms with E-state index in [4.69, 9.17) is 9.84 Å². The minimum absolute atomic E-state index is 0.217. The van der Waals surface area contributed by atoms with Crippen LogP contribution in [0.5, 0.6) is 5.75 Å². The summed E-state index contributed by atoms with van der Waals surface area (Å²) in [6.45, 7) is 3.16. The zero-order chi connectivity index (χ0) is 15.0. The van der Waals surface area contributed by atoms with Gasteiger partial charge in [0, 0.05) is 35.4 Å². The molecular weight excluding hydrogens is 278 g/mol. The highest BCUT2D eigenvalue weighted by atomic mass is 32.2. The molecule has 0 saturated carbocycles. The highest BCUT2D eigenvalue weighted by Crippen LogP contribution is 2.12. The van der Waals surface area contributed by atoms with E-state index in [1.165, 1.54) is 12.1 Å². The summed E-state index contributed by atoms with van der Waals surface area (Å²) >= 11 is 0. The van der Waals surface area contributed by atoms with Gasteiger partial charge in [-0.25, -0.2) is 4.79 Å². The third kappa shape index (κ3) is 6.68. The number of nitrogens with one attached hydrogen (secondary N) is 1. The van der Waals surface area contributed by atoms with Crippen LogP contribution in [0.15, 0.2) is 24.3 Å². The molecule has 0 aliphatic rings. The lowest BCUT2D eigenvalue weighted by atomic mass is 10.2. The molecule has 0 saturated heterocycles. The average Bonchev–Trinajstić information content (AvgIpc) is 2.41. The number of hydrogen-bond acceptors (Lipinski definition) is 4. The van der Waals surface area contributed by atoms with Crippen LogP contribution in [0, 0.1) is 0 Å². The molecule has 0 heterocycles. The van der Waals surface area contributed by atoms with Gasteiger partial charge in [-0.3, -0.25) is 4.21 Å². The van der Waals surface area contributed by atoms with Crippen molar-refractivity contribution in [3.05, 3.63) is 29.8 Å². The smallest absolute Gasteiger partial charge is 0.335 e. The third-order valence-corrected chi connectivity index (χ3v) is 3.59. The third-order valence-electron chi connectivity index (χ3n) is 2.78. The number of hydrogen-bond donors (Lipinski definition) is 2. The van der Waals surface area contributed by atoms with E-state index in [1.54, 1.807) is 18.4 Å². The van der Waals surface area contributed by atoms with Crippen molar-refractivity contribution in [2.75, 3.05) is 25.2 Å². The number of carboxylic acid groups (broad SMARTS) is 1. The Bertz CT molecular complexity index is 464. The van der Waals surface area contributed by atoms with Crippen LogP contribution in [0.2, 0.25) is 0 Å². The van der Waals surface area contributed by atoms with Crippen molar-refractivity contribution in [3.63, 3.8) is 0 Å². The van der Waals surface area contributed by atoms with Gasteiger partial charge in [0.05, 0.1) is 5.56 Å². The molecule has 0 aliphatic heterocycles. The van der Waals surface area contributed by atoms with Gasteiger partial charge in [-0.1, -0.05) is 6.07 Å². The van der Waals surface area contributed by atoms with Crippen molar-refractivity contribution >= 4 is 16.8 Å². The monoisotopic (exact) mass is 299 g/mol. The molecule has 5 nitrogen and oxygen atoms in total. The maximum Gasteiger partial charge on any atom is 0.335 e. The Morgan fingerprint density at radius 1 is 1.50 bits per heavy atom. The van der Waals surface area contributed by atoms with Gasteiger partial charge >= 0.3 is 5.97 Å². The largest absolute Gasteiger partial charge is 0.492 e. The molecule has 0 fully saturated rings. The molecule has 1 rings (SSSR count). The van der Waals surface area contributed by atoms with Crippen LogP contribution >= 0.6 is 0 Å². The lowest BCUT2D eigenvalue weighted by Crippen LogP contribution is -2.31. The molecular formula is C14H21NO4S. The summed E-state index contributed by atoms with van der Waals surface area (Å²) in [6.07, 6.45) is 2.56. The molecule has 0 amide bonds. The van der Waals surface area contributed by atoms with Crippen molar-refractivity contribution in [1.82, 2.24) is 5.32 Å². The fourth-order valence-corrected chi connectivity index (χ4v) is 2.32. The predicted molar refractivity (Wildman–Crippen MR) is 79.9 cm³/mol. The molecule has 2 unspecified atom stereocenters. The Kier molecular flexibility index (Phi) is 7.25. The fraction of sp³-hybridized carbons (Fsp3) is 0.500. The zero-order valence-corrected chi connectivity index (χ0v) is 12.6. The first-order chi connectivity index (χ1) is 9.49. The summed E-state index contributed by atoms with van der Waals surface area (Å²) in [5, 5.41) is 12.1. The normalized spacial score (nSPS) is 13.7. The second-order valence-corrected chi connectivity index (χ2v) is 6.16. The van der Waals surface area contributed by atoms with Crippen LogP contribution in [0.3, 0.4) is 0 Å². The number of ether oxygens (including phenoxy) is 1. The van der Waals surface area contributed by atoms with Crippen LogP contribution in [0.25, 0.3) is 0 Å². The van der Waals surface area contributed by atoms with Gasteiger partial charge in [0.15, 0.2) is 0 Å². The quantitative estimate of drug-likeness (QED) is 0.676. The van der Waals surface area contributed by atoms with Crippen LogP contribution < -0.4 is 10.1 Å². The van der Waals surface area contributed by atoms with E-state index in [0.29, 0.717) is 24.7 Å². The Morgan fingerprint density at radius 2 is 2.25 bits per heavy atom. The second-order valence-electron chi connectivity index (χ2n) is 4.60. The van der Waals surface area contributed by atoms with Crippen LogP contribution in [-0.4, -0.2) is 46.5 Å². The van der Waals surface area contributed by atoms with Gasteiger partial charge < -0.3 is 15.2 Å². The lowest BCUT2D eigenvalue weighted by molar-refractivity contribution is 0.0696. The fourth-order valence-electron chi connectivity index (χ4n) is 1.64. The van der Waals surface area contributed by atoms with Crippen molar-refractivity contribution in [1.29, 1.82) is 0 Å². The molecule has 0 bridgehead atoms. The number of aromatic carboxylic acids is 1. The van der Waals surface area contributed by atoms with E-state index in [-0.39, 0.29) is 11.6 Å². The zero-order valence-electron chi connectivity index (χ0n) is 11.8. The van der Waals surface area contributed by atoms with Gasteiger partial charge in [0.2, 0.25) is 0 Å². The molecule has 0 spiro atoms. The predicted octanol–water partition coefficient (Wildman–Crippen LogP) is 1.51. The second kappa shape index (κ2) is 8.71. The Hall–Kier alpha value is -1.40. The Morgan fingerprint density at radius 3 is 2.90 bits per heavy atom. The first-order valence-corrected chi connectivity index (χ1v) is 8.21. The number of carbonyl (C=O) groups is 1. The summed E-state index contributed by atoms with van der Waals surface area (Å²) in [5.41, 5.74) is 0.217. The Labute approximate surface area is 121 Å². The molecule has 6 heteroatoms. The van der Waals surface area contributed by atoms with E-state index < -0.39 is 16.8 Å². The summed E-state index contributed by atoms with van der Waals surface area (Å²) in [7, 11) is -0.757. The summed E-state index contributed by atoms with van der Waals surface area (Å²) in [6, 6.07) is 6.71. The molecule has 0 radical (unpaired) electrons. The topological polar surface area (TPSA) is 75.6 Å². The first-order valence-electron chi connectivity index (χ1n) is 6.48. The van der Waals surface area contributed by atoms with Gasteiger partial charge in [0.25, 0.3) is 0 Å². The molecule has 1 aromatic carbocycles. The van der Waals surface area contributed by atoms with Crippen LogP contribution in [-0.2, 0) is 10.8 Å². The number of benzene rings is 1. The average molecular weight is 299 g/mol. The Balaban J connectivity index is 2.25. The molecule has 112 valence electrons. The van der Waals surface area contributed by atoms with Gasteiger partial charge in [-0.15, -0.1) is 0 Å². The molecule has 2 N–H and O–H groups in total. The lowest BCUT2D eigenvalue weighted by Gasteiger charge is -2.13. The van der Waals surface area contributed by atoms with E-state index >= 15 is 0 Å². The summed E-state index contributed by atoms with van der Waals surface area (Å²) in [4.78, 5) is 10.8. The van der Waals surface area contributed by atoms with E-state index in [1.807, 2.05) is 6.92 Å². The summed E-state index contributed by atoms with van der Waals surface area (Å²) in [5.74, 6) is 0.277. The van der Waals surface area contributed by atoms with Crippen molar-refractivity contribution < 1.29 is 18.8 Å². The van der Waals surface area contributed by atoms with Crippen LogP contribution in [0.4, 0.5) is 0 Å². The number of rotatable bonds is 9. The minimum Gasteiger partial charge on any atom is -0.492 e. The standard InChI is InChI=1S/C14H21NO4S/c1-11(6-9-20(2)18)15-7-8-19-13-5-3-4-12(10-13)14(16)17/h3-5,10-11,15H,6-9H2,1-2H3,(H,16,17). The van der Waals surface area contributed by atoms with E-state index in [0.717, 1.165) is 6.42 Å². The van der Waals surface area contributed by atoms with Gasteiger partial charge in [-0.05, 0) is 31.5 Å². The van der Waals surface area contributed by atoms with Crippen LogP contribution in [0.1, 0.15) is 23.7 Å². The maximum absolute atomic E-state index is 11.0. The van der Waals surface area contributed by atoms with E-state index in [2.05, 4.69) is 5.32 Å². The molecule has 0 aliphatic carbocycles. The van der Waals surface area contributed by atoms with Crippen molar-refractivity contribution in [2.45, 2.75) is 19.4 Å². The highest BCUT2D eigenvalue weighted by Gasteiger charge is 2.05. The van der Waals surface area contributed by atoms with Crippen molar-refractivity contribution in [2.24, 2.45) is 0 Å².